The second kappa shape index (κ2) is 8.55. The van der Waals surface area contributed by atoms with Crippen molar-refractivity contribution in [1.82, 2.24) is 24.5 Å². The van der Waals surface area contributed by atoms with E-state index in [-0.39, 0.29) is 5.91 Å². The first-order chi connectivity index (χ1) is 15.3. The van der Waals surface area contributed by atoms with E-state index in [4.69, 9.17) is 5.10 Å². The number of hydrogen-bond donors (Lipinski definition) is 1. The number of aromatic nitrogens is 5. The number of hydrogen-bond acceptors (Lipinski definition) is 4. The number of nitrogens with one attached hydrogen (secondary N) is 1. The van der Waals surface area contributed by atoms with Crippen molar-refractivity contribution >= 4 is 11.6 Å². The fourth-order valence-electron chi connectivity index (χ4n) is 4.13. The van der Waals surface area contributed by atoms with Crippen LogP contribution in [0.3, 0.4) is 0 Å². The third-order valence-corrected chi connectivity index (χ3v) is 5.67. The number of rotatable bonds is 5. The van der Waals surface area contributed by atoms with Gasteiger partial charge >= 0.3 is 0 Å². The number of benzene rings is 2. The van der Waals surface area contributed by atoms with Crippen molar-refractivity contribution in [2.45, 2.75) is 38.6 Å². The Balaban J connectivity index is 1.39. The Hall–Kier alpha value is -3.74. The van der Waals surface area contributed by atoms with Gasteiger partial charge in [-0.15, -0.1) is 0 Å². The lowest BCUT2D eigenvalue weighted by Gasteiger charge is -2.07. The number of carbonyl (C=O) groups excluding carboxylic acids is 1. The summed E-state index contributed by atoms with van der Waals surface area (Å²) in [5.41, 5.74) is 5.62. The second-order valence-corrected chi connectivity index (χ2v) is 7.83. The highest BCUT2D eigenvalue weighted by Gasteiger charge is 2.24. The van der Waals surface area contributed by atoms with Gasteiger partial charge in [0.2, 0.25) is 0 Å². The van der Waals surface area contributed by atoms with E-state index in [9.17, 15) is 4.79 Å². The molecule has 0 saturated carbocycles. The summed E-state index contributed by atoms with van der Waals surface area (Å²) in [7, 11) is 0. The van der Waals surface area contributed by atoms with Crippen LogP contribution < -0.4 is 5.32 Å². The normalized spacial score (nSPS) is 13.4. The molecule has 0 fully saturated rings. The molecule has 1 amide bonds. The highest BCUT2D eigenvalue weighted by Crippen LogP contribution is 2.27. The largest absolute Gasteiger partial charge is 0.321 e. The Morgan fingerprint density at radius 3 is 2.55 bits per heavy atom. The van der Waals surface area contributed by atoms with Gasteiger partial charge in [-0.2, -0.15) is 10.2 Å². The SMILES string of the molecule is O=C(Nc1ccc(Cn2cncn2)cc1)c1nn(-c2ccccc2)c2c1CCCCC2. The van der Waals surface area contributed by atoms with E-state index in [1.54, 1.807) is 11.0 Å². The third kappa shape index (κ3) is 4.12. The summed E-state index contributed by atoms with van der Waals surface area (Å²) < 4.78 is 3.72. The van der Waals surface area contributed by atoms with Crippen molar-refractivity contribution in [2.75, 3.05) is 5.32 Å². The number of nitrogens with zero attached hydrogens (tertiary/aromatic N) is 5. The van der Waals surface area contributed by atoms with Crippen LogP contribution in [0.15, 0.2) is 67.3 Å². The Kier molecular flexibility index (Phi) is 5.31. The lowest BCUT2D eigenvalue weighted by molar-refractivity contribution is 0.102. The molecule has 4 aromatic rings. The predicted octanol–water partition coefficient (Wildman–Crippen LogP) is 4.03. The summed E-state index contributed by atoms with van der Waals surface area (Å²) in [5.74, 6) is -0.156. The standard InChI is InChI=1S/C24H24N6O/c31-24(27-19-13-11-18(12-14-19)15-29-17-25-16-26-29)23-21-9-5-2-6-10-22(21)30(28-23)20-7-3-1-4-8-20/h1,3-4,7-8,11-14,16-17H,2,5-6,9-10,15H2,(H,27,31). The van der Waals surface area contributed by atoms with E-state index in [1.807, 2.05) is 59.3 Å². The van der Waals surface area contributed by atoms with Crippen molar-refractivity contribution < 1.29 is 4.79 Å². The average Bonchev–Trinajstić information content (AvgIpc) is 3.37. The van der Waals surface area contributed by atoms with Gasteiger partial charge in [0.25, 0.3) is 5.91 Å². The molecule has 0 spiro atoms. The van der Waals surface area contributed by atoms with E-state index in [0.717, 1.165) is 53.9 Å². The number of para-hydroxylation sites is 1. The zero-order valence-corrected chi connectivity index (χ0v) is 17.2. The Labute approximate surface area is 180 Å². The van der Waals surface area contributed by atoms with Crippen LogP contribution in [0.4, 0.5) is 5.69 Å². The van der Waals surface area contributed by atoms with E-state index in [1.165, 1.54) is 12.7 Å². The zero-order valence-electron chi connectivity index (χ0n) is 17.2. The Morgan fingerprint density at radius 2 is 1.77 bits per heavy atom. The second-order valence-electron chi connectivity index (χ2n) is 7.83. The molecule has 7 heteroatoms. The fourth-order valence-corrected chi connectivity index (χ4v) is 4.13. The van der Waals surface area contributed by atoms with Gasteiger partial charge in [0.05, 0.1) is 12.2 Å². The molecule has 1 aliphatic carbocycles. The van der Waals surface area contributed by atoms with Crippen molar-refractivity contribution in [3.8, 4) is 5.69 Å². The van der Waals surface area contributed by atoms with Gasteiger partial charge in [-0.05, 0) is 55.5 Å². The first-order valence-corrected chi connectivity index (χ1v) is 10.7. The Bertz CT molecular complexity index is 1160. The molecule has 0 saturated heterocycles. The molecule has 2 aromatic heterocycles. The molecule has 7 nitrogen and oxygen atoms in total. The molecular formula is C24H24N6O. The third-order valence-electron chi connectivity index (χ3n) is 5.67. The summed E-state index contributed by atoms with van der Waals surface area (Å²) in [4.78, 5) is 17.1. The zero-order chi connectivity index (χ0) is 21.0. The van der Waals surface area contributed by atoms with Gasteiger partial charge in [0.1, 0.15) is 12.7 Å². The molecule has 2 aromatic carbocycles. The lowest BCUT2D eigenvalue weighted by atomic mass is 10.1. The van der Waals surface area contributed by atoms with Crippen LogP contribution in [0.1, 0.15) is 46.6 Å². The highest BCUT2D eigenvalue weighted by molar-refractivity contribution is 6.04. The number of fused-ring (bicyclic) bond motifs is 1. The molecule has 0 aliphatic heterocycles. The quantitative estimate of drug-likeness (QED) is 0.502. The smallest absolute Gasteiger partial charge is 0.276 e. The molecule has 1 N–H and O–H groups in total. The average molecular weight is 412 g/mol. The first-order valence-electron chi connectivity index (χ1n) is 10.7. The highest BCUT2D eigenvalue weighted by atomic mass is 16.2. The van der Waals surface area contributed by atoms with Crippen molar-refractivity contribution in [3.05, 3.63) is 89.8 Å². The monoisotopic (exact) mass is 412 g/mol. The van der Waals surface area contributed by atoms with Gasteiger partial charge in [-0.1, -0.05) is 36.8 Å². The summed E-state index contributed by atoms with van der Waals surface area (Å²) in [6.07, 6.45) is 8.43. The molecule has 31 heavy (non-hydrogen) atoms. The maximum atomic E-state index is 13.2. The van der Waals surface area contributed by atoms with Gasteiger partial charge in [0, 0.05) is 16.9 Å². The molecule has 0 atom stereocenters. The van der Waals surface area contributed by atoms with Gasteiger partial charge in [0.15, 0.2) is 5.69 Å². The number of anilines is 1. The molecular weight excluding hydrogens is 388 g/mol. The van der Waals surface area contributed by atoms with Crippen LogP contribution in [0.2, 0.25) is 0 Å². The molecule has 0 bridgehead atoms. The van der Waals surface area contributed by atoms with E-state index >= 15 is 0 Å². The van der Waals surface area contributed by atoms with Crippen LogP contribution in [0.5, 0.6) is 0 Å². The molecule has 0 unspecified atom stereocenters. The van der Waals surface area contributed by atoms with Crippen LogP contribution in [-0.2, 0) is 19.4 Å². The van der Waals surface area contributed by atoms with E-state index in [0.29, 0.717) is 12.2 Å². The summed E-state index contributed by atoms with van der Waals surface area (Å²) in [5, 5.41) is 11.9. The first kappa shape index (κ1) is 19.2. The molecule has 1 aliphatic rings. The van der Waals surface area contributed by atoms with Crippen LogP contribution >= 0.6 is 0 Å². The molecule has 5 rings (SSSR count). The van der Waals surface area contributed by atoms with Gasteiger partial charge in [-0.25, -0.2) is 14.3 Å². The minimum absolute atomic E-state index is 0.156. The molecule has 0 radical (unpaired) electrons. The summed E-state index contributed by atoms with van der Waals surface area (Å²) in [6.45, 7) is 0.642. The van der Waals surface area contributed by atoms with Crippen molar-refractivity contribution in [2.24, 2.45) is 0 Å². The van der Waals surface area contributed by atoms with E-state index < -0.39 is 0 Å². The van der Waals surface area contributed by atoms with Crippen molar-refractivity contribution in [3.63, 3.8) is 0 Å². The van der Waals surface area contributed by atoms with Gasteiger partial charge < -0.3 is 5.32 Å². The number of carbonyl (C=O) groups is 1. The maximum Gasteiger partial charge on any atom is 0.276 e. The fraction of sp³-hybridized carbons (Fsp3) is 0.250. The topological polar surface area (TPSA) is 77.6 Å². The van der Waals surface area contributed by atoms with Crippen LogP contribution in [0.25, 0.3) is 5.69 Å². The maximum absolute atomic E-state index is 13.2. The molecule has 156 valence electrons. The Morgan fingerprint density at radius 1 is 0.968 bits per heavy atom. The predicted molar refractivity (Wildman–Crippen MR) is 118 cm³/mol. The summed E-state index contributed by atoms with van der Waals surface area (Å²) >= 11 is 0. The summed E-state index contributed by atoms with van der Waals surface area (Å²) in [6, 6.07) is 17.9. The van der Waals surface area contributed by atoms with Crippen LogP contribution in [-0.4, -0.2) is 30.5 Å². The lowest BCUT2D eigenvalue weighted by Crippen LogP contribution is -2.15. The van der Waals surface area contributed by atoms with E-state index in [2.05, 4.69) is 15.4 Å². The molecule has 2 heterocycles. The van der Waals surface area contributed by atoms with Crippen molar-refractivity contribution in [1.29, 1.82) is 0 Å². The van der Waals surface area contributed by atoms with Crippen LogP contribution in [0, 0.1) is 0 Å². The minimum atomic E-state index is -0.156. The van der Waals surface area contributed by atoms with Gasteiger partial charge in [-0.3, -0.25) is 4.79 Å². The minimum Gasteiger partial charge on any atom is -0.321 e. The number of amides is 1.